The van der Waals surface area contributed by atoms with Crippen LogP contribution >= 0.6 is 11.6 Å². The van der Waals surface area contributed by atoms with Crippen molar-refractivity contribution in [3.63, 3.8) is 0 Å². The van der Waals surface area contributed by atoms with Crippen LogP contribution in [0.15, 0.2) is 6.20 Å². The van der Waals surface area contributed by atoms with Crippen LogP contribution in [0.4, 0.5) is 11.5 Å². The molecule has 0 amide bonds. The summed E-state index contributed by atoms with van der Waals surface area (Å²) in [6.07, 6.45) is 2.62. The lowest BCUT2D eigenvalue weighted by atomic mass is 10.2. The number of nitrogens with one attached hydrogen (secondary N) is 1. The van der Waals surface area contributed by atoms with Gasteiger partial charge in [-0.3, -0.25) is 0 Å². The van der Waals surface area contributed by atoms with Crippen molar-refractivity contribution in [1.29, 1.82) is 0 Å². The van der Waals surface area contributed by atoms with Crippen molar-refractivity contribution < 1.29 is 0 Å². The Labute approximate surface area is 93.6 Å². The average Bonchev–Trinajstić information content (AvgIpc) is 2.58. The van der Waals surface area contributed by atoms with Crippen molar-refractivity contribution in [2.24, 2.45) is 0 Å². The number of nitrogen functional groups attached to an aromatic ring is 1. The zero-order valence-corrected chi connectivity index (χ0v) is 9.33. The summed E-state index contributed by atoms with van der Waals surface area (Å²) in [5.41, 5.74) is 6.28. The molecule has 0 bridgehead atoms. The van der Waals surface area contributed by atoms with Crippen LogP contribution in [-0.2, 0) is 0 Å². The normalized spacial score (nSPS) is 21.9. The van der Waals surface area contributed by atoms with Gasteiger partial charge in [-0.05, 0) is 31.6 Å². The van der Waals surface area contributed by atoms with E-state index in [4.69, 9.17) is 17.3 Å². The Bertz CT molecular complexity index is 356. The topological polar surface area (TPSA) is 67.1 Å². The van der Waals surface area contributed by atoms with E-state index in [2.05, 4.69) is 27.2 Å². The Morgan fingerprint density at radius 2 is 2.47 bits per heavy atom. The Kier molecular flexibility index (Phi) is 2.93. The molecule has 2 rings (SSSR count). The number of nitrogens with zero attached hydrogens (tertiary/aromatic N) is 3. The molecular weight excluding hydrogens is 214 g/mol. The van der Waals surface area contributed by atoms with Crippen LogP contribution in [0.3, 0.4) is 0 Å². The van der Waals surface area contributed by atoms with Crippen LogP contribution in [-0.4, -0.2) is 41.0 Å². The van der Waals surface area contributed by atoms with Crippen LogP contribution in [0.1, 0.15) is 6.42 Å². The first kappa shape index (κ1) is 10.4. The van der Waals surface area contributed by atoms with E-state index in [1.54, 1.807) is 0 Å². The standard InChI is InChI=1S/C9H14ClN5/c1-15-3-2-6(5-15)13-8-7(11)4-12-9(10)14-8/h4,6H,2-3,5,11H2,1H3,(H,12,13,14). The molecule has 5 nitrogen and oxygen atoms in total. The Balaban J connectivity index is 2.07. The van der Waals surface area contributed by atoms with Crippen LogP contribution in [0.25, 0.3) is 0 Å². The smallest absolute Gasteiger partial charge is 0.224 e. The zero-order valence-electron chi connectivity index (χ0n) is 8.57. The van der Waals surface area contributed by atoms with Gasteiger partial charge in [0.15, 0.2) is 5.82 Å². The maximum absolute atomic E-state index is 5.74. The van der Waals surface area contributed by atoms with E-state index >= 15 is 0 Å². The minimum Gasteiger partial charge on any atom is -0.394 e. The highest BCUT2D eigenvalue weighted by Crippen LogP contribution is 2.19. The molecule has 3 N–H and O–H groups in total. The van der Waals surface area contributed by atoms with Crippen LogP contribution < -0.4 is 11.1 Å². The summed E-state index contributed by atoms with van der Waals surface area (Å²) in [5.74, 6) is 0.635. The minimum atomic E-state index is 0.220. The van der Waals surface area contributed by atoms with E-state index in [0.29, 0.717) is 17.5 Å². The predicted octanol–water partition coefficient (Wildman–Crippen LogP) is 0.828. The molecule has 1 aliphatic rings. The number of likely N-dealkylation sites (tertiary alicyclic amines) is 1. The third kappa shape index (κ3) is 2.49. The molecule has 1 unspecified atom stereocenters. The van der Waals surface area contributed by atoms with Crippen LogP contribution in [0, 0.1) is 0 Å². The second-order valence-electron chi connectivity index (χ2n) is 3.84. The van der Waals surface area contributed by atoms with Gasteiger partial charge in [0.25, 0.3) is 0 Å². The molecule has 2 heterocycles. The number of likely N-dealkylation sites (N-methyl/N-ethyl adjacent to an activating group) is 1. The first-order valence-electron chi connectivity index (χ1n) is 4.88. The van der Waals surface area contributed by atoms with Gasteiger partial charge in [0.2, 0.25) is 5.28 Å². The van der Waals surface area contributed by atoms with Crippen molar-refractivity contribution >= 4 is 23.1 Å². The summed E-state index contributed by atoms with van der Waals surface area (Å²) >= 11 is 5.70. The number of hydrogen-bond donors (Lipinski definition) is 2. The lowest BCUT2D eigenvalue weighted by Gasteiger charge is -2.14. The van der Waals surface area contributed by atoms with E-state index in [-0.39, 0.29) is 5.28 Å². The Hall–Kier alpha value is -1.07. The van der Waals surface area contributed by atoms with Crippen molar-refractivity contribution in [2.45, 2.75) is 12.5 Å². The second kappa shape index (κ2) is 4.20. The molecule has 1 fully saturated rings. The van der Waals surface area contributed by atoms with E-state index in [0.717, 1.165) is 19.5 Å². The fraction of sp³-hybridized carbons (Fsp3) is 0.556. The predicted molar refractivity (Wildman–Crippen MR) is 61.0 cm³/mol. The lowest BCUT2D eigenvalue weighted by molar-refractivity contribution is 0.414. The zero-order chi connectivity index (χ0) is 10.8. The summed E-state index contributed by atoms with van der Waals surface area (Å²) in [4.78, 5) is 10.1. The SMILES string of the molecule is CN1CCC(Nc2nc(Cl)ncc2N)C1. The fourth-order valence-corrected chi connectivity index (χ4v) is 1.86. The molecule has 82 valence electrons. The molecule has 1 saturated heterocycles. The molecule has 0 aromatic carbocycles. The largest absolute Gasteiger partial charge is 0.394 e. The summed E-state index contributed by atoms with van der Waals surface area (Å²) < 4.78 is 0. The molecule has 1 aliphatic heterocycles. The average molecular weight is 228 g/mol. The van der Waals surface area contributed by atoms with Gasteiger partial charge in [0.05, 0.1) is 11.9 Å². The van der Waals surface area contributed by atoms with Gasteiger partial charge >= 0.3 is 0 Å². The van der Waals surface area contributed by atoms with Crippen molar-refractivity contribution in [1.82, 2.24) is 14.9 Å². The molecule has 0 spiro atoms. The number of nitrogens with two attached hydrogens (primary N) is 1. The van der Waals surface area contributed by atoms with Gasteiger partial charge in [-0.25, -0.2) is 4.98 Å². The van der Waals surface area contributed by atoms with Gasteiger partial charge in [0.1, 0.15) is 0 Å². The second-order valence-corrected chi connectivity index (χ2v) is 4.17. The molecule has 1 atom stereocenters. The summed E-state index contributed by atoms with van der Waals surface area (Å²) in [5, 5.41) is 3.50. The first-order valence-corrected chi connectivity index (χ1v) is 5.26. The van der Waals surface area contributed by atoms with Crippen LogP contribution in [0.5, 0.6) is 0 Å². The van der Waals surface area contributed by atoms with Crippen molar-refractivity contribution in [3.05, 3.63) is 11.5 Å². The first-order chi connectivity index (χ1) is 7.15. The molecule has 15 heavy (non-hydrogen) atoms. The van der Waals surface area contributed by atoms with E-state index in [1.165, 1.54) is 6.20 Å². The number of anilines is 2. The van der Waals surface area contributed by atoms with E-state index in [1.807, 2.05) is 0 Å². The van der Waals surface area contributed by atoms with Gasteiger partial charge in [0, 0.05) is 12.6 Å². The van der Waals surface area contributed by atoms with Crippen molar-refractivity contribution in [3.8, 4) is 0 Å². The monoisotopic (exact) mass is 227 g/mol. The minimum absolute atomic E-state index is 0.220. The molecule has 0 saturated carbocycles. The highest BCUT2D eigenvalue weighted by atomic mass is 35.5. The molecule has 1 aromatic heterocycles. The summed E-state index contributed by atoms with van der Waals surface area (Å²) in [6.45, 7) is 2.09. The third-order valence-corrected chi connectivity index (χ3v) is 2.70. The summed E-state index contributed by atoms with van der Waals surface area (Å²) in [6, 6.07) is 0.392. The molecule has 1 aromatic rings. The number of halogens is 1. The number of hydrogen-bond acceptors (Lipinski definition) is 5. The molecule has 6 heteroatoms. The third-order valence-electron chi connectivity index (χ3n) is 2.52. The Morgan fingerprint density at radius 1 is 1.67 bits per heavy atom. The lowest BCUT2D eigenvalue weighted by Crippen LogP contribution is -2.24. The van der Waals surface area contributed by atoms with Crippen LogP contribution in [0.2, 0.25) is 5.28 Å². The van der Waals surface area contributed by atoms with E-state index in [9.17, 15) is 0 Å². The molecule has 0 aliphatic carbocycles. The molecular formula is C9H14ClN5. The van der Waals surface area contributed by atoms with Gasteiger partial charge in [-0.15, -0.1) is 0 Å². The quantitative estimate of drug-likeness (QED) is 0.733. The van der Waals surface area contributed by atoms with Gasteiger partial charge in [-0.1, -0.05) is 0 Å². The Morgan fingerprint density at radius 3 is 3.13 bits per heavy atom. The van der Waals surface area contributed by atoms with Gasteiger partial charge < -0.3 is 16.0 Å². The fourth-order valence-electron chi connectivity index (χ4n) is 1.73. The number of rotatable bonds is 2. The number of aromatic nitrogens is 2. The molecule has 0 radical (unpaired) electrons. The van der Waals surface area contributed by atoms with Crippen molar-refractivity contribution in [2.75, 3.05) is 31.2 Å². The highest BCUT2D eigenvalue weighted by molar-refractivity contribution is 6.28. The summed E-state index contributed by atoms with van der Waals surface area (Å²) in [7, 11) is 2.10. The van der Waals surface area contributed by atoms with Gasteiger partial charge in [-0.2, -0.15) is 4.98 Å². The maximum Gasteiger partial charge on any atom is 0.224 e. The highest BCUT2D eigenvalue weighted by Gasteiger charge is 2.20. The van der Waals surface area contributed by atoms with E-state index < -0.39 is 0 Å². The maximum atomic E-state index is 5.74.